The third-order valence-corrected chi connectivity index (χ3v) is 3.27. The van der Waals surface area contributed by atoms with Gasteiger partial charge < -0.3 is 9.74 Å². The molecule has 0 unspecified atom stereocenters. The molecule has 0 radical (unpaired) electrons. The molecule has 0 saturated heterocycles. The lowest BCUT2D eigenvalue weighted by Gasteiger charge is -2.11. The number of carbonyl (C=O) groups excluding carboxylic acids is 1. The van der Waals surface area contributed by atoms with E-state index < -0.39 is 0 Å². The van der Waals surface area contributed by atoms with Crippen LogP contribution in [-0.4, -0.2) is 37.7 Å². The van der Waals surface area contributed by atoms with Crippen molar-refractivity contribution in [3.8, 4) is 0 Å². The van der Waals surface area contributed by atoms with Crippen LogP contribution in [0.2, 0.25) is 10.0 Å². The fourth-order valence-electron chi connectivity index (χ4n) is 1.48. The van der Waals surface area contributed by atoms with E-state index in [1.807, 2.05) is 0 Å². The van der Waals surface area contributed by atoms with Gasteiger partial charge in [-0.3, -0.25) is 4.79 Å². The van der Waals surface area contributed by atoms with Gasteiger partial charge in [0.15, 0.2) is 0 Å². The Morgan fingerprint density at radius 1 is 1.26 bits per heavy atom. The van der Waals surface area contributed by atoms with E-state index >= 15 is 0 Å². The first-order valence-corrected chi connectivity index (χ1v) is 6.47. The number of amides is 1. The molecule has 6 heteroatoms. The van der Waals surface area contributed by atoms with E-state index in [1.165, 1.54) is 7.11 Å². The van der Waals surface area contributed by atoms with Crippen molar-refractivity contribution in [1.29, 1.82) is 0 Å². The second-order valence-corrected chi connectivity index (χ2v) is 4.95. The summed E-state index contributed by atoms with van der Waals surface area (Å²) in [6.07, 6.45) is 0.832. The molecule has 0 aliphatic heterocycles. The summed E-state index contributed by atoms with van der Waals surface area (Å²) in [7, 11) is 4.90. The SMILES string of the molecule is CON=C(CCC(=O)N(C)C)c1ccc(Cl)c(Cl)c1. The van der Waals surface area contributed by atoms with E-state index in [9.17, 15) is 4.79 Å². The van der Waals surface area contributed by atoms with E-state index in [-0.39, 0.29) is 5.91 Å². The summed E-state index contributed by atoms with van der Waals surface area (Å²) >= 11 is 11.8. The van der Waals surface area contributed by atoms with E-state index in [0.29, 0.717) is 28.6 Å². The van der Waals surface area contributed by atoms with Gasteiger partial charge in [0.1, 0.15) is 7.11 Å². The minimum atomic E-state index is 0.0314. The van der Waals surface area contributed by atoms with E-state index in [4.69, 9.17) is 28.0 Å². The quantitative estimate of drug-likeness (QED) is 0.619. The summed E-state index contributed by atoms with van der Waals surface area (Å²) in [5, 5.41) is 4.87. The number of carbonyl (C=O) groups is 1. The van der Waals surface area contributed by atoms with E-state index in [2.05, 4.69) is 5.16 Å². The van der Waals surface area contributed by atoms with Crippen molar-refractivity contribution >= 4 is 34.8 Å². The molecule has 0 aliphatic rings. The van der Waals surface area contributed by atoms with Gasteiger partial charge in [-0.1, -0.05) is 34.4 Å². The molecule has 0 aromatic heterocycles. The summed E-state index contributed by atoms with van der Waals surface area (Å²) < 4.78 is 0. The van der Waals surface area contributed by atoms with E-state index in [1.54, 1.807) is 37.2 Å². The van der Waals surface area contributed by atoms with Crippen LogP contribution in [0.15, 0.2) is 23.4 Å². The number of oxime groups is 1. The molecule has 104 valence electrons. The average molecular weight is 303 g/mol. The Morgan fingerprint density at radius 3 is 2.47 bits per heavy atom. The zero-order valence-corrected chi connectivity index (χ0v) is 12.6. The fraction of sp³-hybridized carbons (Fsp3) is 0.385. The molecule has 0 heterocycles. The van der Waals surface area contributed by atoms with E-state index in [0.717, 1.165) is 5.56 Å². The van der Waals surface area contributed by atoms with Gasteiger partial charge in [0, 0.05) is 32.5 Å². The normalized spacial score (nSPS) is 11.3. The highest BCUT2D eigenvalue weighted by atomic mass is 35.5. The first-order chi connectivity index (χ1) is 8.95. The summed E-state index contributed by atoms with van der Waals surface area (Å²) in [6, 6.07) is 5.20. The van der Waals surface area contributed by atoms with Crippen molar-refractivity contribution in [2.24, 2.45) is 5.16 Å². The topological polar surface area (TPSA) is 41.9 Å². The molecular weight excluding hydrogens is 287 g/mol. The van der Waals surface area contributed by atoms with Gasteiger partial charge in [-0.2, -0.15) is 0 Å². The van der Waals surface area contributed by atoms with Crippen molar-refractivity contribution in [1.82, 2.24) is 4.90 Å². The van der Waals surface area contributed by atoms with Crippen LogP contribution in [0.4, 0.5) is 0 Å². The molecule has 0 aliphatic carbocycles. The lowest BCUT2D eigenvalue weighted by atomic mass is 10.1. The van der Waals surface area contributed by atoms with Gasteiger partial charge in [0.25, 0.3) is 0 Å². The lowest BCUT2D eigenvalue weighted by molar-refractivity contribution is -0.128. The zero-order valence-electron chi connectivity index (χ0n) is 11.1. The molecule has 19 heavy (non-hydrogen) atoms. The van der Waals surface area contributed by atoms with Crippen LogP contribution in [-0.2, 0) is 9.63 Å². The number of halogens is 2. The third-order valence-electron chi connectivity index (χ3n) is 2.53. The molecule has 0 atom stereocenters. The van der Waals surface area contributed by atoms with Gasteiger partial charge in [-0.25, -0.2) is 0 Å². The first kappa shape index (κ1) is 15.8. The second-order valence-electron chi connectivity index (χ2n) is 4.14. The highest BCUT2D eigenvalue weighted by Crippen LogP contribution is 2.23. The maximum atomic E-state index is 11.6. The molecule has 0 N–H and O–H groups in total. The molecule has 0 spiro atoms. The van der Waals surface area contributed by atoms with Crippen molar-refractivity contribution in [3.05, 3.63) is 33.8 Å². The maximum Gasteiger partial charge on any atom is 0.222 e. The van der Waals surface area contributed by atoms with Gasteiger partial charge in [0.2, 0.25) is 5.91 Å². The summed E-state index contributed by atoms with van der Waals surface area (Å²) in [4.78, 5) is 17.9. The summed E-state index contributed by atoms with van der Waals surface area (Å²) in [6.45, 7) is 0. The first-order valence-electron chi connectivity index (χ1n) is 5.71. The third kappa shape index (κ3) is 4.73. The van der Waals surface area contributed by atoms with Crippen LogP contribution < -0.4 is 0 Å². The Labute approximate surface area is 122 Å². The number of benzene rings is 1. The molecule has 0 fully saturated rings. The number of rotatable bonds is 5. The molecule has 4 nitrogen and oxygen atoms in total. The molecule has 1 amide bonds. The molecular formula is C13H16Cl2N2O2. The lowest BCUT2D eigenvalue weighted by Crippen LogP contribution is -2.22. The molecule has 1 aromatic rings. The molecule has 1 aromatic carbocycles. The van der Waals surface area contributed by atoms with Crippen molar-refractivity contribution in [2.45, 2.75) is 12.8 Å². The van der Waals surface area contributed by atoms with Crippen LogP contribution in [0.5, 0.6) is 0 Å². The largest absolute Gasteiger partial charge is 0.399 e. The molecule has 0 bridgehead atoms. The Hall–Kier alpha value is -1.26. The van der Waals surface area contributed by atoms with Crippen molar-refractivity contribution < 1.29 is 9.63 Å². The minimum Gasteiger partial charge on any atom is -0.399 e. The monoisotopic (exact) mass is 302 g/mol. The maximum absolute atomic E-state index is 11.6. The Morgan fingerprint density at radius 2 is 1.95 bits per heavy atom. The number of nitrogens with zero attached hydrogens (tertiary/aromatic N) is 2. The average Bonchev–Trinajstić information content (AvgIpc) is 2.37. The molecule has 0 saturated carbocycles. The van der Waals surface area contributed by atoms with Crippen LogP contribution in [0, 0.1) is 0 Å². The summed E-state index contributed by atoms with van der Waals surface area (Å²) in [5.74, 6) is 0.0314. The predicted octanol–water partition coefficient (Wildman–Crippen LogP) is 3.21. The Bertz CT molecular complexity index is 488. The van der Waals surface area contributed by atoms with Crippen LogP contribution in [0.1, 0.15) is 18.4 Å². The second kappa shape index (κ2) is 7.36. The van der Waals surface area contributed by atoms with Crippen molar-refractivity contribution in [2.75, 3.05) is 21.2 Å². The Kier molecular flexibility index (Phi) is 6.12. The van der Waals surface area contributed by atoms with Gasteiger partial charge in [-0.05, 0) is 12.1 Å². The minimum absolute atomic E-state index is 0.0314. The number of hydrogen-bond acceptors (Lipinski definition) is 3. The van der Waals surface area contributed by atoms with Gasteiger partial charge >= 0.3 is 0 Å². The number of hydrogen-bond donors (Lipinski definition) is 0. The Balaban J connectivity index is 2.86. The highest BCUT2D eigenvalue weighted by molar-refractivity contribution is 6.42. The fourth-order valence-corrected chi connectivity index (χ4v) is 1.78. The molecule has 1 rings (SSSR count). The predicted molar refractivity (Wildman–Crippen MR) is 77.9 cm³/mol. The van der Waals surface area contributed by atoms with Gasteiger partial charge in [-0.15, -0.1) is 0 Å². The van der Waals surface area contributed by atoms with Crippen LogP contribution in [0.25, 0.3) is 0 Å². The highest BCUT2D eigenvalue weighted by Gasteiger charge is 2.11. The summed E-state index contributed by atoms with van der Waals surface area (Å²) in [5.41, 5.74) is 1.46. The van der Waals surface area contributed by atoms with Crippen LogP contribution in [0.3, 0.4) is 0 Å². The smallest absolute Gasteiger partial charge is 0.222 e. The zero-order chi connectivity index (χ0) is 14.4. The van der Waals surface area contributed by atoms with Crippen molar-refractivity contribution in [3.63, 3.8) is 0 Å². The van der Waals surface area contributed by atoms with Crippen LogP contribution >= 0.6 is 23.2 Å². The standard InChI is InChI=1S/C13H16Cl2N2O2/c1-17(2)13(18)7-6-12(16-19-3)9-4-5-10(14)11(15)8-9/h4-5,8H,6-7H2,1-3H3. The van der Waals surface area contributed by atoms with Gasteiger partial charge in [0.05, 0.1) is 15.8 Å².